The number of hydrogen-bond donors (Lipinski definition) is 2. The molecule has 32 heavy (non-hydrogen) atoms. The van der Waals surface area contributed by atoms with Gasteiger partial charge in [0.2, 0.25) is 10.0 Å². The number of rotatable bonds is 13. The van der Waals surface area contributed by atoms with E-state index in [9.17, 15) is 13.2 Å². The molecular formula is C22H29ClN2O6S. The van der Waals surface area contributed by atoms with E-state index in [1.807, 2.05) is 25.1 Å². The molecule has 1 amide bonds. The lowest BCUT2D eigenvalue weighted by atomic mass is 10.1. The Morgan fingerprint density at radius 2 is 1.72 bits per heavy atom. The summed E-state index contributed by atoms with van der Waals surface area (Å²) in [4.78, 5) is 12.1. The Bertz CT molecular complexity index is 1010. The van der Waals surface area contributed by atoms with Crippen molar-refractivity contribution in [1.82, 2.24) is 10.0 Å². The lowest BCUT2D eigenvalue weighted by Crippen LogP contribution is -2.30. The molecule has 0 saturated heterocycles. The third-order valence-electron chi connectivity index (χ3n) is 4.58. The molecule has 2 aromatic rings. The monoisotopic (exact) mass is 484 g/mol. The van der Waals surface area contributed by atoms with Gasteiger partial charge in [-0.25, -0.2) is 13.1 Å². The zero-order valence-corrected chi connectivity index (χ0v) is 20.0. The molecule has 0 fully saturated rings. The second-order valence-corrected chi connectivity index (χ2v) is 9.10. The van der Waals surface area contributed by atoms with Gasteiger partial charge in [-0.3, -0.25) is 4.79 Å². The Balaban J connectivity index is 1.84. The lowest BCUT2D eigenvalue weighted by molar-refractivity contribution is -0.123. The van der Waals surface area contributed by atoms with Crippen LogP contribution in [0.4, 0.5) is 0 Å². The number of nitrogens with one attached hydrogen (secondary N) is 2. The average molecular weight is 485 g/mol. The van der Waals surface area contributed by atoms with Crippen LogP contribution in [0, 0.1) is 0 Å². The smallest absolute Gasteiger partial charge is 0.257 e. The maximum Gasteiger partial charge on any atom is 0.257 e. The largest absolute Gasteiger partial charge is 0.493 e. The molecule has 0 bridgehead atoms. The summed E-state index contributed by atoms with van der Waals surface area (Å²) in [5, 5.41) is 2.88. The van der Waals surface area contributed by atoms with Crippen LogP contribution in [0.1, 0.15) is 25.3 Å². The summed E-state index contributed by atoms with van der Waals surface area (Å²) in [5.74, 6) is 1.18. The van der Waals surface area contributed by atoms with Crippen molar-refractivity contribution in [3.05, 3.63) is 47.0 Å². The number of unbranched alkanes of at least 4 members (excludes halogenated alkanes) is 1. The van der Waals surface area contributed by atoms with Gasteiger partial charge in [0.1, 0.15) is 5.75 Å². The van der Waals surface area contributed by atoms with E-state index in [4.69, 9.17) is 25.8 Å². The second-order valence-electron chi connectivity index (χ2n) is 6.92. The van der Waals surface area contributed by atoms with Crippen LogP contribution in [0.2, 0.25) is 5.02 Å². The maximum absolute atomic E-state index is 12.3. The molecule has 0 aliphatic carbocycles. The highest BCUT2D eigenvalue weighted by Crippen LogP contribution is 2.28. The Kier molecular flexibility index (Phi) is 10.1. The van der Waals surface area contributed by atoms with Crippen molar-refractivity contribution >= 4 is 27.5 Å². The van der Waals surface area contributed by atoms with Crippen LogP contribution < -0.4 is 24.2 Å². The third-order valence-corrected chi connectivity index (χ3v) is 6.33. The van der Waals surface area contributed by atoms with E-state index in [0.29, 0.717) is 31.0 Å². The summed E-state index contributed by atoms with van der Waals surface area (Å²) in [6.07, 6.45) is 2.23. The van der Waals surface area contributed by atoms with Crippen molar-refractivity contribution in [1.29, 1.82) is 0 Å². The van der Waals surface area contributed by atoms with E-state index in [0.717, 1.165) is 18.4 Å². The molecule has 0 unspecified atom stereocenters. The molecule has 176 valence electrons. The second kappa shape index (κ2) is 12.5. The van der Waals surface area contributed by atoms with E-state index in [1.165, 1.54) is 18.2 Å². The molecule has 0 aliphatic rings. The van der Waals surface area contributed by atoms with Crippen LogP contribution in [-0.4, -0.2) is 48.2 Å². The van der Waals surface area contributed by atoms with Crippen LogP contribution in [0.5, 0.6) is 17.2 Å². The summed E-state index contributed by atoms with van der Waals surface area (Å²) >= 11 is 6.15. The summed E-state index contributed by atoms with van der Waals surface area (Å²) in [6.45, 7) is 2.50. The first-order chi connectivity index (χ1) is 15.3. The number of ether oxygens (including phenoxy) is 3. The molecule has 0 spiro atoms. The predicted octanol–water partition coefficient (Wildman–Crippen LogP) is 3.17. The van der Waals surface area contributed by atoms with Crippen molar-refractivity contribution < 1.29 is 27.4 Å². The third kappa shape index (κ3) is 7.58. The Hall–Kier alpha value is -2.49. The Labute approximate surface area is 194 Å². The molecule has 0 aliphatic heterocycles. The molecule has 0 saturated carbocycles. The van der Waals surface area contributed by atoms with Crippen molar-refractivity contribution in [3.63, 3.8) is 0 Å². The topological polar surface area (TPSA) is 103 Å². The van der Waals surface area contributed by atoms with Gasteiger partial charge in [-0.1, -0.05) is 31.0 Å². The fourth-order valence-electron chi connectivity index (χ4n) is 2.81. The molecule has 8 nitrogen and oxygen atoms in total. The number of halogens is 1. The number of benzene rings is 2. The normalized spacial score (nSPS) is 11.1. The van der Waals surface area contributed by atoms with Crippen molar-refractivity contribution in [2.24, 2.45) is 0 Å². The lowest BCUT2D eigenvalue weighted by Gasteiger charge is -2.12. The minimum absolute atomic E-state index is 0.0466. The molecule has 0 atom stereocenters. The molecule has 2 aromatic carbocycles. The summed E-state index contributed by atoms with van der Waals surface area (Å²) in [7, 11) is -0.500. The molecule has 0 heterocycles. The van der Waals surface area contributed by atoms with Gasteiger partial charge in [0.05, 0.1) is 24.1 Å². The first-order valence-electron chi connectivity index (χ1n) is 10.2. The van der Waals surface area contributed by atoms with Gasteiger partial charge in [-0.2, -0.15) is 0 Å². The van der Waals surface area contributed by atoms with Crippen LogP contribution >= 0.6 is 11.6 Å². The molecule has 10 heteroatoms. The highest BCUT2D eigenvalue weighted by atomic mass is 35.5. The van der Waals surface area contributed by atoms with Crippen molar-refractivity contribution in [3.8, 4) is 17.2 Å². The van der Waals surface area contributed by atoms with Crippen LogP contribution in [0.3, 0.4) is 0 Å². The van der Waals surface area contributed by atoms with Gasteiger partial charge >= 0.3 is 0 Å². The maximum atomic E-state index is 12.3. The van der Waals surface area contributed by atoms with Gasteiger partial charge in [-0.05, 0) is 48.7 Å². The number of hydrogen-bond acceptors (Lipinski definition) is 6. The SMILES string of the molecule is CCCCNS(=O)(=O)c1ccc(OCC(=O)NCCc2ccc(OC)c(OC)c2)c(Cl)c1. The van der Waals surface area contributed by atoms with E-state index in [2.05, 4.69) is 10.0 Å². The molecule has 0 aromatic heterocycles. The highest BCUT2D eigenvalue weighted by molar-refractivity contribution is 7.89. The van der Waals surface area contributed by atoms with Gasteiger partial charge in [0.15, 0.2) is 18.1 Å². The number of carbonyl (C=O) groups is 1. The first-order valence-corrected chi connectivity index (χ1v) is 12.1. The van der Waals surface area contributed by atoms with Crippen LogP contribution in [0.25, 0.3) is 0 Å². The fourth-order valence-corrected chi connectivity index (χ4v) is 4.21. The van der Waals surface area contributed by atoms with Crippen LogP contribution in [0.15, 0.2) is 41.3 Å². The van der Waals surface area contributed by atoms with Gasteiger partial charge < -0.3 is 19.5 Å². The van der Waals surface area contributed by atoms with Gasteiger partial charge in [0, 0.05) is 13.1 Å². The standard InChI is InChI=1S/C22H29ClN2O6S/c1-4-5-11-25-32(27,28)17-7-9-19(18(23)14-17)31-15-22(26)24-12-10-16-6-8-20(29-2)21(13-16)30-3/h6-9,13-14,25H,4-5,10-12,15H2,1-3H3,(H,24,26). The zero-order chi connectivity index (χ0) is 23.6. The van der Waals surface area contributed by atoms with Crippen molar-refractivity contribution in [2.75, 3.05) is 33.9 Å². The van der Waals surface area contributed by atoms with E-state index < -0.39 is 10.0 Å². The number of amides is 1. The predicted molar refractivity (Wildman–Crippen MR) is 123 cm³/mol. The molecule has 2 rings (SSSR count). The van der Waals surface area contributed by atoms with Gasteiger partial charge in [0.25, 0.3) is 5.91 Å². The Morgan fingerprint density at radius 1 is 1.00 bits per heavy atom. The highest BCUT2D eigenvalue weighted by Gasteiger charge is 2.16. The minimum atomic E-state index is -3.64. The number of methoxy groups -OCH3 is 2. The number of carbonyl (C=O) groups excluding carboxylic acids is 1. The average Bonchev–Trinajstić information content (AvgIpc) is 2.78. The minimum Gasteiger partial charge on any atom is -0.493 e. The summed E-state index contributed by atoms with van der Waals surface area (Å²) in [5.41, 5.74) is 0.983. The van der Waals surface area contributed by atoms with E-state index in [1.54, 1.807) is 14.2 Å². The van der Waals surface area contributed by atoms with Crippen LogP contribution in [-0.2, 0) is 21.2 Å². The Morgan fingerprint density at radius 3 is 2.38 bits per heavy atom. The fraction of sp³-hybridized carbons (Fsp3) is 0.409. The first kappa shape index (κ1) is 25.8. The van der Waals surface area contributed by atoms with Crippen molar-refractivity contribution in [2.45, 2.75) is 31.1 Å². The summed E-state index contributed by atoms with van der Waals surface area (Å²) in [6, 6.07) is 9.70. The van der Waals surface area contributed by atoms with Gasteiger partial charge in [-0.15, -0.1) is 0 Å². The molecular weight excluding hydrogens is 456 g/mol. The van der Waals surface area contributed by atoms with E-state index in [-0.39, 0.29) is 28.2 Å². The number of sulfonamides is 1. The zero-order valence-electron chi connectivity index (χ0n) is 18.4. The van der Waals surface area contributed by atoms with E-state index >= 15 is 0 Å². The quantitative estimate of drug-likeness (QED) is 0.423. The molecule has 2 N–H and O–H groups in total. The summed E-state index contributed by atoms with van der Waals surface area (Å²) < 4.78 is 42.9. The molecule has 0 radical (unpaired) electrons.